The van der Waals surface area contributed by atoms with Crippen molar-refractivity contribution in [1.82, 2.24) is 0 Å². The third kappa shape index (κ3) is 2.47. The van der Waals surface area contributed by atoms with Gasteiger partial charge in [-0.15, -0.1) is 11.3 Å². The van der Waals surface area contributed by atoms with Crippen LogP contribution in [0.25, 0.3) is 10.1 Å². The maximum atomic E-state index is 13.8. The predicted octanol–water partition coefficient (Wildman–Crippen LogP) is 4.93. The smallest absolute Gasteiger partial charge is 0.132 e. The summed E-state index contributed by atoms with van der Waals surface area (Å²) in [5.41, 5.74) is 2.05. The van der Waals surface area contributed by atoms with Gasteiger partial charge in [0.05, 0.1) is 0 Å². The zero-order valence-corrected chi connectivity index (χ0v) is 11.3. The van der Waals surface area contributed by atoms with Crippen molar-refractivity contribution in [2.75, 3.05) is 0 Å². The van der Waals surface area contributed by atoms with Crippen molar-refractivity contribution in [3.63, 3.8) is 0 Å². The number of hydrogen-bond donors (Lipinski definition) is 0. The van der Waals surface area contributed by atoms with Crippen molar-refractivity contribution in [3.05, 3.63) is 64.8 Å². The lowest BCUT2D eigenvalue weighted by Crippen LogP contribution is -1.95. The molecule has 0 saturated heterocycles. The summed E-state index contributed by atoms with van der Waals surface area (Å²) in [4.78, 5) is 0. The lowest BCUT2D eigenvalue weighted by Gasteiger charge is -2.06. The topological polar surface area (TPSA) is 9.23 Å². The molecule has 0 unspecified atom stereocenters. The van der Waals surface area contributed by atoms with Crippen LogP contribution in [0, 0.1) is 12.7 Å². The van der Waals surface area contributed by atoms with E-state index < -0.39 is 0 Å². The second kappa shape index (κ2) is 5.02. The van der Waals surface area contributed by atoms with E-state index in [9.17, 15) is 4.39 Å². The summed E-state index contributed by atoms with van der Waals surface area (Å²) >= 11 is 1.55. The second-order valence-electron chi connectivity index (χ2n) is 4.48. The number of ether oxygens (including phenoxy) is 1. The minimum Gasteiger partial charge on any atom is -0.489 e. The minimum absolute atomic E-state index is 0.179. The quantitative estimate of drug-likeness (QED) is 0.657. The predicted molar refractivity (Wildman–Crippen MR) is 77.3 cm³/mol. The number of benzene rings is 2. The molecule has 0 aliphatic carbocycles. The first kappa shape index (κ1) is 12.2. The van der Waals surface area contributed by atoms with E-state index in [0.717, 1.165) is 21.6 Å². The molecular weight excluding hydrogens is 259 g/mol. The Labute approximate surface area is 115 Å². The van der Waals surface area contributed by atoms with Gasteiger partial charge in [-0.3, -0.25) is 0 Å². The van der Waals surface area contributed by atoms with E-state index in [0.29, 0.717) is 12.0 Å². The Morgan fingerprint density at radius 1 is 1.16 bits per heavy atom. The van der Waals surface area contributed by atoms with Crippen LogP contribution in [0.4, 0.5) is 4.39 Å². The molecule has 2 aromatic carbocycles. The van der Waals surface area contributed by atoms with Crippen molar-refractivity contribution >= 4 is 21.4 Å². The Bertz CT molecular complexity index is 718. The first-order valence-electron chi connectivity index (χ1n) is 6.08. The number of aryl methyl sites for hydroxylation is 1. The molecule has 0 spiro atoms. The minimum atomic E-state index is -0.179. The average Bonchev–Trinajstić information content (AvgIpc) is 2.81. The number of halogens is 1. The van der Waals surface area contributed by atoms with Crippen LogP contribution in [0.1, 0.15) is 11.1 Å². The van der Waals surface area contributed by atoms with E-state index in [2.05, 4.69) is 0 Å². The highest BCUT2D eigenvalue weighted by atomic mass is 32.1. The second-order valence-corrected chi connectivity index (χ2v) is 5.39. The number of fused-ring (bicyclic) bond motifs is 1. The Morgan fingerprint density at radius 3 is 2.84 bits per heavy atom. The van der Waals surface area contributed by atoms with Crippen LogP contribution in [0.2, 0.25) is 0 Å². The van der Waals surface area contributed by atoms with E-state index >= 15 is 0 Å². The zero-order chi connectivity index (χ0) is 13.2. The Kier molecular flexibility index (Phi) is 3.22. The zero-order valence-electron chi connectivity index (χ0n) is 10.5. The molecule has 0 amide bonds. The molecular formula is C16H13FOS. The van der Waals surface area contributed by atoms with Gasteiger partial charge in [0.1, 0.15) is 18.2 Å². The van der Waals surface area contributed by atoms with E-state index in [4.69, 9.17) is 4.74 Å². The molecule has 1 nitrogen and oxygen atoms in total. The van der Waals surface area contributed by atoms with Crippen molar-refractivity contribution in [1.29, 1.82) is 0 Å². The van der Waals surface area contributed by atoms with Crippen LogP contribution in [0.5, 0.6) is 5.75 Å². The molecule has 3 rings (SSSR count). The maximum absolute atomic E-state index is 13.8. The normalized spacial score (nSPS) is 10.8. The molecule has 1 aromatic heterocycles. The van der Waals surface area contributed by atoms with Gasteiger partial charge in [0, 0.05) is 15.6 Å². The van der Waals surface area contributed by atoms with Crippen molar-refractivity contribution in [3.8, 4) is 5.75 Å². The first-order chi connectivity index (χ1) is 9.24. The highest BCUT2D eigenvalue weighted by molar-refractivity contribution is 7.17. The van der Waals surface area contributed by atoms with Crippen LogP contribution in [-0.4, -0.2) is 0 Å². The van der Waals surface area contributed by atoms with Gasteiger partial charge in [0.15, 0.2) is 0 Å². The lowest BCUT2D eigenvalue weighted by molar-refractivity contribution is 0.307. The van der Waals surface area contributed by atoms with Gasteiger partial charge in [0.2, 0.25) is 0 Å². The fourth-order valence-corrected chi connectivity index (χ4v) is 3.04. The van der Waals surface area contributed by atoms with Crippen LogP contribution in [-0.2, 0) is 6.61 Å². The van der Waals surface area contributed by atoms with Gasteiger partial charge in [-0.25, -0.2) is 4.39 Å². The fraction of sp³-hybridized carbons (Fsp3) is 0.125. The van der Waals surface area contributed by atoms with Gasteiger partial charge in [-0.1, -0.05) is 18.2 Å². The van der Waals surface area contributed by atoms with Gasteiger partial charge in [-0.2, -0.15) is 0 Å². The summed E-state index contributed by atoms with van der Waals surface area (Å²) in [5.74, 6) is 0.636. The molecule has 3 heteroatoms. The van der Waals surface area contributed by atoms with Crippen LogP contribution in [0.3, 0.4) is 0 Å². The molecule has 0 aliphatic rings. The average molecular weight is 272 g/mol. The fourth-order valence-electron chi connectivity index (χ4n) is 2.08. The largest absolute Gasteiger partial charge is 0.489 e. The van der Waals surface area contributed by atoms with E-state index in [1.54, 1.807) is 17.4 Å². The number of hydrogen-bond acceptors (Lipinski definition) is 2. The standard InChI is InChI=1S/C16H13FOS/c1-11-4-2-5-13(8-11)18-9-12-10-19-15-7-3-6-14(17)16(12)15/h2-8,10H,9H2,1H3. The summed E-state index contributed by atoms with van der Waals surface area (Å²) < 4.78 is 20.5. The molecule has 19 heavy (non-hydrogen) atoms. The Hall–Kier alpha value is -1.87. The first-order valence-corrected chi connectivity index (χ1v) is 6.96. The van der Waals surface area contributed by atoms with Gasteiger partial charge in [-0.05, 0) is 42.1 Å². The van der Waals surface area contributed by atoms with Gasteiger partial charge in [0.25, 0.3) is 0 Å². The number of rotatable bonds is 3. The molecule has 0 aliphatic heterocycles. The van der Waals surface area contributed by atoms with E-state index in [-0.39, 0.29) is 5.82 Å². The summed E-state index contributed by atoms with van der Waals surface area (Å²) in [7, 11) is 0. The van der Waals surface area contributed by atoms with Crippen LogP contribution >= 0.6 is 11.3 Å². The molecule has 0 saturated carbocycles. The van der Waals surface area contributed by atoms with Gasteiger partial charge < -0.3 is 4.74 Å². The highest BCUT2D eigenvalue weighted by Crippen LogP contribution is 2.29. The molecule has 0 fully saturated rings. The van der Waals surface area contributed by atoms with E-state index in [1.165, 1.54) is 6.07 Å². The molecule has 0 bridgehead atoms. The lowest BCUT2D eigenvalue weighted by atomic mass is 10.2. The molecule has 0 atom stereocenters. The van der Waals surface area contributed by atoms with Gasteiger partial charge >= 0.3 is 0 Å². The summed E-state index contributed by atoms with van der Waals surface area (Å²) in [5, 5.41) is 2.64. The van der Waals surface area contributed by atoms with Crippen LogP contribution in [0.15, 0.2) is 47.8 Å². The molecule has 3 aromatic rings. The summed E-state index contributed by atoms with van der Waals surface area (Å²) in [6.07, 6.45) is 0. The maximum Gasteiger partial charge on any atom is 0.132 e. The highest BCUT2D eigenvalue weighted by Gasteiger charge is 2.09. The summed E-state index contributed by atoms with van der Waals surface area (Å²) in [6, 6.07) is 13.0. The Morgan fingerprint density at radius 2 is 2.00 bits per heavy atom. The molecule has 1 heterocycles. The van der Waals surface area contributed by atoms with Crippen molar-refractivity contribution in [2.24, 2.45) is 0 Å². The van der Waals surface area contributed by atoms with Crippen LogP contribution < -0.4 is 4.74 Å². The molecule has 96 valence electrons. The summed E-state index contributed by atoms with van der Waals surface area (Å²) in [6.45, 7) is 2.41. The van der Waals surface area contributed by atoms with Crippen molar-refractivity contribution < 1.29 is 9.13 Å². The van der Waals surface area contributed by atoms with E-state index in [1.807, 2.05) is 42.6 Å². The SMILES string of the molecule is Cc1cccc(OCc2csc3cccc(F)c23)c1. The Balaban J connectivity index is 1.86. The molecule has 0 N–H and O–H groups in total. The van der Waals surface area contributed by atoms with Crippen molar-refractivity contribution in [2.45, 2.75) is 13.5 Å². The third-order valence-corrected chi connectivity index (χ3v) is 4.01. The third-order valence-electron chi connectivity index (χ3n) is 3.01. The monoisotopic (exact) mass is 272 g/mol. The molecule has 0 radical (unpaired) electrons. The number of thiophene rings is 1.